The minimum absolute atomic E-state index is 0.0542. The van der Waals surface area contributed by atoms with Gasteiger partial charge in [-0.25, -0.2) is 13.4 Å². The van der Waals surface area contributed by atoms with Gasteiger partial charge in [0.15, 0.2) is 5.03 Å². The van der Waals surface area contributed by atoms with E-state index in [1.54, 1.807) is 31.5 Å². The molecule has 1 aromatic rings. The van der Waals surface area contributed by atoms with Crippen LogP contribution >= 0.6 is 0 Å². The second kappa shape index (κ2) is 6.17. The van der Waals surface area contributed by atoms with Gasteiger partial charge >= 0.3 is 0 Å². The highest BCUT2D eigenvalue weighted by Crippen LogP contribution is 2.18. The summed E-state index contributed by atoms with van der Waals surface area (Å²) in [5.41, 5.74) is 0. The minimum Gasteiger partial charge on any atom is -0.334 e. The molecule has 0 aliphatic carbocycles. The minimum atomic E-state index is -3.63. The molecule has 1 rings (SSSR count). The van der Waals surface area contributed by atoms with E-state index in [1.165, 1.54) is 4.31 Å². The Morgan fingerprint density at radius 2 is 2.16 bits per heavy atom. The zero-order valence-corrected chi connectivity index (χ0v) is 12.6. The summed E-state index contributed by atoms with van der Waals surface area (Å²) in [7, 11) is -3.63. The van der Waals surface area contributed by atoms with E-state index in [9.17, 15) is 8.42 Å². The summed E-state index contributed by atoms with van der Waals surface area (Å²) in [5.74, 6) is 0.671. The number of nitriles is 1. The van der Waals surface area contributed by atoms with Gasteiger partial charge in [0.2, 0.25) is 0 Å². The topological polar surface area (TPSA) is 79.0 Å². The lowest BCUT2D eigenvalue weighted by Gasteiger charge is -2.23. The van der Waals surface area contributed by atoms with E-state index in [-0.39, 0.29) is 24.0 Å². The molecule has 0 N–H and O–H groups in total. The maximum absolute atomic E-state index is 12.5. The summed E-state index contributed by atoms with van der Waals surface area (Å²) in [6.07, 6.45) is 1.72. The average Bonchev–Trinajstić information content (AvgIpc) is 2.71. The highest BCUT2D eigenvalue weighted by Gasteiger charge is 2.29. The van der Waals surface area contributed by atoms with E-state index < -0.39 is 10.0 Å². The van der Waals surface area contributed by atoms with E-state index in [4.69, 9.17) is 5.26 Å². The van der Waals surface area contributed by atoms with Crippen LogP contribution in [0.15, 0.2) is 11.2 Å². The second-order valence-corrected chi connectivity index (χ2v) is 6.37. The Balaban J connectivity index is 3.15. The normalized spacial score (nSPS) is 12.1. The van der Waals surface area contributed by atoms with Crippen molar-refractivity contribution in [3.8, 4) is 6.07 Å². The number of nitrogens with zero attached hydrogens (tertiary/aromatic N) is 4. The van der Waals surface area contributed by atoms with Crippen molar-refractivity contribution < 1.29 is 8.42 Å². The van der Waals surface area contributed by atoms with Crippen molar-refractivity contribution >= 4 is 10.0 Å². The maximum atomic E-state index is 12.5. The van der Waals surface area contributed by atoms with Crippen molar-refractivity contribution in [1.82, 2.24) is 13.9 Å². The van der Waals surface area contributed by atoms with Crippen LogP contribution in [0.3, 0.4) is 0 Å². The Morgan fingerprint density at radius 3 is 2.58 bits per heavy atom. The first kappa shape index (κ1) is 15.7. The van der Waals surface area contributed by atoms with Crippen LogP contribution in [0, 0.1) is 18.3 Å². The van der Waals surface area contributed by atoms with Gasteiger partial charge in [0.1, 0.15) is 5.82 Å². The Kier molecular flexibility index (Phi) is 5.09. The molecule has 0 spiro atoms. The highest BCUT2D eigenvalue weighted by atomic mass is 32.2. The van der Waals surface area contributed by atoms with Crippen LogP contribution in [0.25, 0.3) is 0 Å². The summed E-state index contributed by atoms with van der Waals surface area (Å²) in [5, 5.41) is 8.68. The highest BCUT2D eigenvalue weighted by molar-refractivity contribution is 7.89. The van der Waals surface area contributed by atoms with Gasteiger partial charge in [0.25, 0.3) is 10.0 Å². The molecule has 0 aliphatic heterocycles. The molecule has 1 heterocycles. The summed E-state index contributed by atoms with van der Waals surface area (Å²) in [6.45, 7) is 8.15. The van der Waals surface area contributed by atoms with Crippen LogP contribution in [0.4, 0.5) is 0 Å². The fraction of sp³-hybridized carbons (Fsp3) is 0.667. The zero-order chi connectivity index (χ0) is 14.6. The number of rotatable bonds is 6. The summed E-state index contributed by atoms with van der Waals surface area (Å²) < 4.78 is 28.1. The predicted molar refractivity (Wildman–Crippen MR) is 71.9 cm³/mol. The number of hydrogen-bond acceptors (Lipinski definition) is 4. The second-order valence-electron chi connectivity index (χ2n) is 4.53. The molecule has 0 aromatic carbocycles. The van der Waals surface area contributed by atoms with Crippen LogP contribution in [-0.2, 0) is 16.6 Å². The molecule has 0 atom stereocenters. The van der Waals surface area contributed by atoms with Gasteiger partial charge < -0.3 is 4.57 Å². The van der Waals surface area contributed by atoms with Crippen LogP contribution in [0.1, 0.15) is 33.0 Å². The lowest BCUT2D eigenvalue weighted by Crippen LogP contribution is -2.37. The monoisotopic (exact) mass is 284 g/mol. The van der Waals surface area contributed by atoms with Crippen molar-refractivity contribution in [2.24, 2.45) is 0 Å². The van der Waals surface area contributed by atoms with Crippen LogP contribution in [-0.4, -0.2) is 34.9 Å². The first-order valence-corrected chi connectivity index (χ1v) is 7.71. The number of hydrogen-bond donors (Lipinski definition) is 0. The van der Waals surface area contributed by atoms with Crippen molar-refractivity contribution in [3.63, 3.8) is 0 Å². The number of aryl methyl sites for hydroxylation is 2. The maximum Gasteiger partial charge on any atom is 0.262 e. The first-order chi connectivity index (χ1) is 8.84. The van der Waals surface area contributed by atoms with E-state index in [0.717, 1.165) is 0 Å². The molecular formula is C12H20N4O2S. The summed E-state index contributed by atoms with van der Waals surface area (Å²) in [4.78, 5) is 4.11. The van der Waals surface area contributed by atoms with Gasteiger partial charge in [-0.3, -0.25) is 0 Å². The molecule has 19 heavy (non-hydrogen) atoms. The van der Waals surface area contributed by atoms with Crippen LogP contribution in [0.5, 0.6) is 0 Å². The number of aromatic nitrogens is 2. The molecule has 1 aromatic heterocycles. The molecule has 0 fully saturated rings. The van der Waals surface area contributed by atoms with Gasteiger partial charge in [-0.05, 0) is 27.7 Å². The molecule has 7 heteroatoms. The molecule has 0 aliphatic rings. The first-order valence-electron chi connectivity index (χ1n) is 6.27. The molecular weight excluding hydrogens is 264 g/mol. The van der Waals surface area contributed by atoms with Crippen molar-refractivity contribution in [2.45, 2.75) is 51.7 Å². The zero-order valence-electron chi connectivity index (χ0n) is 11.8. The Morgan fingerprint density at radius 1 is 1.53 bits per heavy atom. The van der Waals surface area contributed by atoms with Crippen LogP contribution < -0.4 is 0 Å². The summed E-state index contributed by atoms with van der Waals surface area (Å²) in [6, 6.07) is 1.77. The average molecular weight is 284 g/mol. The van der Waals surface area contributed by atoms with E-state index >= 15 is 0 Å². The smallest absolute Gasteiger partial charge is 0.262 e. The third-order valence-electron chi connectivity index (χ3n) is 2.89. The van der Waals surface area contributed by atoms with Crippen molar-refractivity contribution in [2.75, 3.05) is 6.54 Å². The van der Waals surface area contributed by atoms with E-state index in [0.29, 0.717) is 12.4 Å². The lowest BCUT2D eigenvalue weighted by atomic mass is 10.3. The largest absolute Gasteiger partial charge is 0.334 e. The summed E-state index contributed by atoms with van der Waals surface area (Å²) >= 11 is 0. The fourth-order valence-electron chi connectivity index (χ4n) is 1.86. The van der Waals surface area contributed by atoms with Crippen molar-refractivity contribution in [3.05, 3.63) is 12.0 Å². The third kappa shape index (κ3) is 3.33. The SMILES string of the molecule is CCn1cc(S(=O)(=O)N(CCC#N)C(C)C)nc1C. The standard InChI is InChI=1S/C12H20N4O2S/c1-5-15-9-12(14-11(15)4)19(17,18)16(10(2)3)8-6-7-13/h9-10H,5-6,8H2,1-4H3. The van der Waals surface area contributed by atoms with Gasteiger partial charge in [-0.1, -0.05) is 0 Å². The van der Waals surface area contributed by atoms with Gasteiger partial charge in [-0.2, -0.15) is 9.57 Å². The third-order valence-corrected chi connectivity index (χ3v) is 4.83. The van der Waals surface area contributed by atoms with E-state index in [2.05, 4.69) is 4.98 Å². The lowest BCUT2D eigenvalue weighted by molar-refractivity contribution is 0.359. The molecule has 106 valence electrons. The van der Waals surface area contributed by atoms with Gasteiger partial charge in [-0.15, -0.1) is 0 Å². The Hall–Kier alpha value is -1.39. The van der Waals surface area contributed by atoms with Crippen LogP contribution in [0.2, 0.25) is 0 Å². The molecule has 0 bridgehead atoms. The molecule has 6 nitrogen and oxygen atoms in total. The Labute approximate surface area is 114 Å². The van der Waals surface area contributed by atoms with Gasteiger partial charge in [0.05, 0.1) is 6.07 Å². The fourth-order valence-corrected chi connectivity index (χ4v) is 3.49. The molecule has 0 saturated heterocycles. The number of imidazole rings is 1. The van der Waals surface area contributed by atoms with E-state index in [1.807, 2.05) is 13.0 Å². The molecule has 0 radical (unpaired) electrons. The molecule has 0 unspecified atom stereocenters. The van der Waals surface area contributed by atoms with Crippen molar-refractivity contribution in [1.29, 1.82) is 5.26 Å². The molecule has 0 amide bonds. The van der Waals surface area contributed by atoms with Gasteiger partial charge in [0, 0.05) is 31.7 Å². The quantitative estimate of drug-likeness (QED) is 0.793. The Bertz CT molecular complexity index is 569. The number of sulfonamides is 1. The predicted octanol–water partition coefficient (Wildman–Crippen LogP) is 1.52. The molecule has 0 saturated carbocycles.